The summed E-state index contributed by atoms with van der Waals surface area (Å²) in [6.45, 7) is 6.32. The summed E-state index contributed by atoms with van der Waals surface area (Å²) in [5.41, 5.74) is 2.26. The summed E-state index contributed by atoms with van der Waals surface area (Å²) >= 11 is 0. The van der Waals surface area contributed by atoms with Gasteiger partial charge in [0.15, 0.2) is 0 Å². The molecule has 0 amide bonds. The number of fused-ring (bicyclic) bond motifs is 1. The molecule has 0 atom stereocenters. The van der Waals surface area contributed by atoms with Gasteiger partial charge in [-0.1, -0.05) is 6.07 Å². The Labute approximate surface area is 107 Å². The van der Waals surface area contributed by atoms with Crippen LogP contribution >= 0.6 is 0 Å². The monoisotopic (exact) mass is 246 g/mol. The summed E-state index contributed by atoms with van der Waals surface area (Å²) in [6.07, 6.45) is 2.58. The molecule has 3 heteroatoms. The third-order valence-electron chi connectivity index (χ3n) is 3.88. The van der Waals surface area contributed by atoms with Crippen molar-refractivity contribution in [1.82, 2.24) is 9.47 Å². The number of hydrogen-bond donors (Lipinski definition) is 0. The number of halogens is 1. The summed E-state index contributed by atoms with van der Waals surface area (Å²) in [6, 6.07) is 7.37. The van der Waals surface area contributed by atoms with Crippen LogP contribution in [0.4, 0.5) is 4.39 Å². The van der Waals surface area contributed by atoms with Gasteiger partial charge in [-0.3, -0.25) is 4.90 Å². The normalized spacial score (nSPS) is 16.8. The van der Waals surface area contributed by atoms with Gasteiger partial charge >= 0.3 is 0 Å². The van der Waals surface area contributed by atoms with Crippen molar-refractivity contribution in [3.8, 4) is 0 Å². The van der Waals surface area contributed by atoms with Crippen LogP contribution in [0, 0.1) is 5.82 Å². The number of likely N-dealkylation sites (tertiary alicyclic amines) is 1. The smallest absolute Gasteiger partial charge is 0.132 e. The minimum absolute atomic E-state index is 0.109. The molecule has 18 heavy (non-hydrogen) atoms. The Kier molecular flexibility index (Phi) is 3.08. The minimum atomic E-state index is -0.109. The van der Waals surface area contributed by atoms with E-state index < -0.39 is 0 Å². The standard InChI is InChI=1S/C15H19FN2/c1-2-18-12(11-17-8-3-4-9-17)10-13-14(16)6-5-7-15(13)18/h5-7,10H,2-4,8-9,11H2,1H3. The molecule has 2 heterocycles. The molecule has 1 aromatic carbocycles. The quantitative estimate of drug-likeness (QED) is 0.806. The lowest BCUT2D eigenvalue weighted by molar-refractivity contribution is 0.322. The summed E-state index contributed by atoms with van der Waals surface area (Å²) in [4.78, 5) is 2.46. The van der Waals surface area contributed by atoms with Crippen molar-refractivity contribution in [3.05, 3.63) is 35.8 Å². The average Bonchev–Trinajstić information content (AvgIpc) is 2.97. The highest BCUT2D eigenvalue weighted by Crippen LogP contribution is 2.24. The Morgan fingerprint density at radius 2 is 2.00 bits per heavy atom. The minimum Gasteiger partial charge on any atom is -0.344 e. The zero-order chi connectivity index (χ0) is 12.5. The topological polar surface area (TPSA) is 8.17 Å². The first-order chi connectivity index (χ1) is 8.79. The Balaban J connectivity index is 2.02. The maximum absolute atomic E-state index is 13.8. The highest BCUT2D eigenvalue weighted by atomic mass is 19.1. The van der Waals surface area contributed by atoms with Gasteiger partial charge in [0, 0.05) is 24.2 Å². The molecule has 96 valence electrons. The van der Waals surface area contributed by atoms with Crippen LogP contribution in [0.25, 0.3) is 10.9 Å². The van der Waals surface area contributed by atoms with E-state index in [0.717, 1.165) is 24.0 Å². The summed E-state index contributed by atoms with van der Waals surface area (Å²) in [5.74, 6) is -0.109. The second-order valence-corrected chi connectivity index (χ2v) is 5.04. The van der Waals surface area contributed by atoms with Crippen LogP contribution in [0.5, 0.6) is 0 Å². The van der Waals surface area contributed by atoms with E-state index in [2.05, 4.69) is 16.4 Å². The van der Waals surface area contributed by atoms with E-state index in [0.29, 0.717) is 0 Å². The van der Waals surface area contributed by atoms with Gasteiger partial charge in [0.25, 0.3) is 0 Å². The van der Waals surface area contributed by atoms with Gasteiger partial charge in [0.05, 0.1) is 5.52 Å². The van der Waals surface area contributed by atoms with E-state index in [-0.39, 0.29) is 5.82 Å². The van der Waals surface area contributed by atoms with Crippen LogP contribution in [0.15, 0.2) is 24.3 Å². The second kappa shape index (κ2) is 4.73. The van der Waals surface area contributed by atoms with Gasteiger partial charge in [-0.2, -0.15) is 0 Å². The lowest BCUT2D eigenvalue weighted by Gasteiger charge is -2.16. The fourth-order valence-corrected chi connectivity index (χ4v) is 2.98. The number of hydrogen-bond acceptors (Lipinski definition) is 1. The zero-order valence-corrected chi connectivity index (χ0v) is 10.8. The third kappa shape index (κ3) is 1.93. The van der Waals surface area contributed by atoms with E-state index in [1.54, 1.807) is 12.1 Å². The molecule has 0 saturated carbocycles. The lowest BCUT2D eigenvalue weighted by Crippen LogP contribution is -2.20. The molecule has 1 aliphatic rings. The molecular formula is C15H19FN2. The van der Waals surface area contributed by atoms with E-state index in [1.807, 2.05) is 12.1 Å². The highest BCUT2D eigenvalue weighted by molar-refractivity contribution is 5.82. The molecular weight excluding hydrogens is 227 g/mol. The molecule has 0 bridgehead atoms. The van der Waals surface area contributed by atoms with Crippen molar-refractivity contribution < 1.29 is 4.39 Å². The molecule has 0 aliphatic carbocycles. The van der Waals surface area contributed by atoms with Crippen LogP contribution in [0.2, 0.25) is 0 Å². The Morgan fingerprint density at radius 1 is 1.22 bits per heavy atom. The largest absolute Gasteiger partial charge is 0.344 e. The van der Waals surface area contributed by atoms with Crippen molar-refractivity contribution in [3.63, 3.8) is 0 Å². The number of nitrogens with zero attached hydrogens (tertiary/aromatic N) is 2. The maximum atomic E-state index is 13.8. The predicted octanol–water partition coefficient (Wildman–Crippen LogP) is 3.40. The maximum Gasteiger partial charge on any atom is 0.132 e. The summed E-state index contributed by atoms with van der Waals surface area (Å²) in [5, 5.41) is 0.758. The van der Waals surface area contributed by atoms with Crippen LogP contribution < -0.4 is 0 Å². The first-order valence-corrected chi connectivity index (χ1v) is 6.78. The molecule has 1 aliphatic heterocycles. The van der Waals surface area contributed by atoms with Crippen LogP contribution in [0.1, 0.15) is 25.5 Å². The van der Waals surface area contributed by atoms with E-state index in [9.17, 15) is 4.39 Å². The first kappa shape index (κ1) is 11.7. The molecule has 0 spiro atoms. The van der Waals surface area contributed by atoms with Gasteiger partial charge in [-0.05, 0) is 51.1 Å². The fourth-order valence-electron chi connectivity index (χ4n) is 2.98. The number of rotatable bonds is 3. The van der Waals surface area contributed by atoms with Crippen molar-refractivity contribution in [1.29, 1.82) is 0 Å². The van der Waals surface area contributed by atoms with E-state index in [4.69, 9.17) is 0 Å². The Hall–Kier alpha value is -1.35. The number of aromatic nitrogens is 1. The molecule has 0 N–H and O–H groups in total. The predicted molar refractivity (Wildman–Crippen MR) is 72.1 cm³/mol. The second-order valence-electron chi connectivity index (χ2n) is 5.04. The summed E-state index contributed by atoms with van der Waals surface area (Å²) < 4.78 is 16.0. The zero-order valence-electron chi connectivity index (χ0n) is 10.8. The third-order valence-corrected chi connectivity index (χ3v) is 3.88. The van der Waals surface area contributed by atoms with Gasteiger partial charge in [-0.15, -0.1) is 0 Å². The van der Waals surface area contributed by atoms with Crippen molar-refractivity contribution in [2.24, 2.45) is 0 Å². The first-order valence-electron chi connectivity index (χ1n) is 6.78. The van der Waals surface area contributed by atoms with Gasteiger partial charge in [0.1, 0.15) is 5.82 Å². The van der Waals surface area contributed by atoms with Crippen LogP contribution in [-0.2, 0) is 13.1 Å². The fraction of sp³-hybridized carbons (Fsp3) is 0.467. The lowest BCUT2D eigenvalue weighted by atomic mass is 10.2. The molecule has 3 rings (SSSR count). The molecule has 1 aromatic heterocycles. The van der Waals surface area contributed by atoms with E-state index in [1.165, 1.54) is 31.6 Å². The van der Waals surface area contributed by atoms with Gasteiger partial charge in [-0.25, -0.2) is 4.39 Å². The Bertz CT molecular complexity index is 553. The van der Waals surface area contributed by atoms with Crippen molar-refractivity contribution in [2.75, 3.05) is 13.1 Å². The van der Waals surface area contributed by atoms with Crippen LogP contribution in [0.3, 0.4) is 0 Å². The number of aryl methyl sites for hydroxylation is 1. The average molecular weight is 246 g/mol. The van der Waals surface area contributed by atoms with E-state index >= 15 is 0 Å². The molecule has 2 nitrogen and oxygen atoms in total. The van der Waals surface area contributed by atoms with Gasteiger partial charge < -0.3 is 4.57 Å². The van der Waals surface area contributed by atoms with Crippen LogP contribution in [-0.4, -0.2) is 22.6 Å². The van der Waals surface area contributed by atoms with Crippen molar-refractivity contribution >= 4 is 10.9 Å². The number of benzene rings is 1. The summed E-state index contributed by atoms with van der Waals surface area (Å²) in [7, 11) is 0. The Morgan fingerprint density at radius 3 is 2.72 bits per heavy atom. The molecule has 0 unspecified atom stereocenters. The molecule has 2 aromatic rings. The molecule has 1 fully saturated rings. The molecule has 0 radical (unpaired) electrons. The highest BCUT2D eigenvalue weighted by Gasteiger charge is 2.16. The molecule has 1 saturated heterocycles. The van der Waals surface area contributed by atoms with Gasteiger partial charge in [0.2, 0.25) is 0 Å². The van der Waals surface area contributed by atoms with Crippen molar-refractivity contribution in [2.45, 2.75) is 32.9 Å². The SMILES string of the molecule is CCn1c(CN2CCCC2)cc2c(F)cccc21.